The van der Waals surface area contributed by atoms with Gasteiger partial charge in [-0.15, -0.1) is 11.8 Å². The van der Waals surface area contributed by atoms with Crippen molar-refractivity contribution < 1.29 is 4.79 Å². The Morgan fingerprint density at radius 3 is 3.19 bits per heavy atom. The van der Waals surface area contributed by atoms with Crippen molar-refractivity contribution >= 4 is 23.2 Å². The molecule has 2 heterocycles. The summed E-state index contributed by atoms with van der Waals surface area (Å²) in [5, 5.41) is 6.15. The maximum atomic E-state index is 11.7. The molecule has 1 aliphatic carbocycles. The standard InChI is InChI=1S/C13H11NOS/c15-11-4-2-8-7(11)1-3-10-12(8)9-5-6-16-13(9)14-10/h1,3,5-6,9,13-14H,2,4H2. The molecule has 2 nitrogen and oxygen atoms in total. The average Bonchev–Trinajstić information content (AvgIpc) is 2.91. The Morgan fingerprint density at radius 2 is 2.25 bits per heavy atom. The van der Waals surface area contributed by atoms with E-state index in [9.17, 15) is 4.79 Å². The highest BCUT2D eigenvalue weighted by Gasteiger charge is 2.37. The second-order valence-electron chi connectivity index (χ2n) is 4.53. The molecule has 16 heavy (non-hydrogen) atoms. The van der Waals surface area contributed by atoms with Gasteiger partial charge in [0.05, 0.1) is 5.37 Å². The molecule has 0 bridgehead atoms. The predicted octanol–water partition coefficient (Wildman–Crippen LogP) is 2.91. The largest absolute Gasteiger partial charge is 0.372 e. The van der Waals surface area contributed by atoms with Crippen molar-refractivity contribution in [3.63, 3.8) is 0 Å². The van der Waals surface area contributed by atoms with Gasteiger partial charge in [-0.3, -0.25) is 4.79 Å². The number of benzene rings is 1. The second kappa shape index (κ2) is 2.92. The fourth-order valence-corrected chi connectivity index (χ4v) is 4.02. The van der Waals surface area contributed by atoms with Gasteiger partial charge in [0.1, 0.15) is 0 Å². The third-order valence-electron chi connectivity index (χ3n) is 3.73. The second-order valence-corrected chi connectivity index (χ2v) is 5.58. The van der Waals surface area contributed by atoms with E-state index in [-0.39, 0.29) is 0 Å². The summed E-state index contributed by atoms with van der Waals surface area (Å²) < 4.78 is 0. The van der Waals surface area contributed by atoms with E-state index in [1.807, 2.05) is 17.8 Å². The molecule has 1 aromatic rings. The lowest BCUT2D eigenvalue weighted by Gasteiger charge is -2.10. The molecule has 3 heteroatoms. The highest BCUT2D eigenvalue weighted by atomic mass is 32.2. The topological polar surface area (TPSA) is 29.1 Å². The van der Waals surface area contributed by atoms with Crippen LogP contribution < -0.4 is 5.32 Å². The lowest BCUT2D eigenvalue weighted by atomic mass is 9.93. The van der Waals surface area contributed by atoms with Crippen LogP contribution in [-0.2, 0) is 6.42 Å². The monoisotopic (exact) mass is 229 g/mol. The Kier molecular flexibility index (Phi) is 1.62. The van der Waals surface area contributed by atoms with Crippen LogP contribution in [0, 0.1) is 0 Å². The highest BCUT2D eigenvalue weighted by molar-refractivity contribution is 8.03. The number of hydrogen-bond donors (Lipinski definition) is 1. The summed E-state index contributed by atoms with van der Waals surface area (Å²) in [4.78, 5) is 11.7. The number of rotatable bonds is 0. The molecule has 2 unspecified atom stereocenters. The molecule has 4 rings (SSSR count). The third kappa shape index (κ3) is 0.969. The number of hydrogen-bond acceptors (Lipinski definition) is 3. The van der Waals surface area contributed by atoms with Gasteiger partial charge in [0.15, 0.2) is 5.78 Å². The van der Waals surface area contributed by atoms with E-state index < -0.39 is 0 Å². The van der Waals surface area contributed by atoms with Gasteiger partial charge in [-0.05, 0) is 35.1 Å². The molecule has 0 saturated carbocycles. The molecule has 0 spiro atoms. The molecule has 80 valence electrons. The first kappa shape index (κ1) is 8.88. The Hall–Kier alpha value is -1.22. The number of carbonyl (C=O) groups is 1. The van der Waals surface area contributed by atoms with Gasteiger partial charge in [-0.1, -0.05) is 6.08 Å². The molecule has 0 amide bonds. The summed E-state index contributed by atoms with van der Waals surface area (Å²) in [6.07, 6.45) is 3.89. The van der Waals surface area contributed by atoms with Crippen LogP contribution in [0.2, 0.25) is 0 Å². The fourth-order valence-electron chi connectivity index (χ4n) is 3.00. The zero-order valence-corrected chi connectivity index (χ0v) is 9.51. The van der Waals surface area contributed by atoms with Crippen molar-refractivity contribution in [3.8, 4) is 0 Å². The maximum Gasteiger partial charge on any atom is 0.163 e. The fraction of sp³-hybridized carbons (Fsp3) is 0.308. The highest BCUT2D eigenvalue weighted by Crippen LogP contribution is 2.49. The first-order valence-corrected chi connectivity index (χ1v) is 6.56. The first-order chi connectivity index (χ1) is 7.84. The van der Waals surface area contributed by atoms with Crippen molar-refractivity contribution in [3.05, 3.63) is 40.3 Å². The summed E-state index contributed by atoms with van der Waals surface area (Å²) in [7, 11) is 0. The molecular weight excluding hydrogens is 218 g/mol. The van der Waals surface area contributed by atoms with Gasteiger partial charge >= 0.3 is 0 Å². The van der Waals surface area contributed by atoms with Crippen LogP contribution in [0.4, 0.5) is 5.69 Å². The molecule has 0 fully saturated rings. The number of fused-ring (bicyclic) bond motifs is 5. The number of thioether (sulfide) groups is 1. The van der Waals surface area contributed by atoms with E-state index in [0.29, 0.717) is 23.5 Å². The van der Waals surface area contributed by atoms with Crippen molar-refractivity contribution in [2.75, 3.05) is 5.32 Å². The number of nitrogens with one attached hydrogen (secondary N) is 1. The van der Waals surface area contributed by atoms with Crippen LogP contribution >= 0.6 is 11.8 Å². The summed E-state index contributed by atoms with van der Waals surface area (Å²) in [6.45, 7) is 0. The Balaban J connectivity index is 1.97. The normalized spacial score (nSPS) is 28.9. The minimum absolute atomic E-state index is 0.316. The molecule has 0 radical (unpaired) electrons. The van der Waals surface area contributed by atoms with E-state index in [1.54, 1.807) is 0 Å². The van der Waals surface area contributed by atoms with Gasteiger partial charge in [0.2, 0.25) is 0 Å². The smallest absolute Gasteiger partial charge is 0.163 e. The van der Waals surface area contributed by atoms with Gasteiger partial charge in [0.25, 0.3) is 0 Å². The summed E-state index contributed by atoms with van der Waals surface area (Å²) in [5.74, 6) is 0.789. The predicted molar refractivity (Wildman–Crippen MR) is 66.0 cm³/mol. The van der Waals surface area contributed by atoms with Gasteiger partial charge in [0, 0.05) is 23.6 Å². The summed E-state index contributed by atoms with van der Waals surface area (Å²) in [5.41, 5.74) is 4.89. The quantitative estimate of drug-likeness (QED) is 0.741. The van der Waals surface area contributed by atoms with E-state index >= 15 is 0 Å². The molecule has 3 aliphatic rings. The number of ketones is 1. The summed E-state index contributed by atoms with van der Waals surface area (Å²) in [6, 6.07) is 4.07. The zero-order chi connectivity index (χ0) is 10.7. The Morgan fingerprint density at radius 1 is 1.31 bits per heavy atom. The maximum absolute atomic E-state index is 11.7. The molecule has 2 atom stereocenters. The first-order valence-electron chi connectivity index (χ1n) is 5.62. The van der Waals surface area contributed by atoms with Crippen LogP contribution in [-0.4, -0.2) is 11.2 Å². The van der Waals surface area contributed by atoms with Crippen LogP contribution in [0.15, 0.2) is 23.6 Å². The minimum atomic E-state index is 0.316. The van der Waals surface area contributed by atoms with Crippen molar-refractivity contribution in [2.24, 2.45) is 0 Å². The van der Waals surface area contributed by atoms with Gasteiger partial charge < -0.3 is 5.32 Å². The molecule has 2 aliphatic heterocycles. The van der Waals surface area contributed by atoms with Crippen LogP contribution in [0.1, 0.15) is 33.8 Å². The number of anilines is 1. The van der Waals surface area contributed by atoms with Gasteiger partial charge in [-0.2, -0.15) is 0 Å². The third-order valence-corrected chi connectivity index (χ3v) is 4.75. The Labute approximate surface area is 98.1 Å². The minimum Gasteiger partial charge on any atom is -0.372 e. The lowest BCUT2D eigenvalue weighted by Crippen LogP contribution is -2.10. The molecule has 1 N–H and O–H groups in total. The van der Waals surface area contributed by atoms with Crippen LogP contribution in [0.3, 0.4) is 0 Å². The van der Waals surface area contributed by atoms with Crippen LogP contribution in [0.25, 0.3) is 0 Å². The molecule has 0 aromatic heterocycles. The molecular formula is C13H11NOS. The molecule has 0 saturated heterocycles. The Bertz CT molecular complexity index is 535. The SMILES string of the molecule is O=C1CCc2c1ccc1c2C2C=CSC2N1. The van der Waals surface area contributed by atoms with E-state index in [4.69, 9.17) is 0 Å². The van der Waals surface area contributed by atoms with E-state index in [1.165, 1.54) is 16.8 Å². The van der Waals surface area contributed by atoms with Crippen LogP contribution in [0.5, 0.6) is 0 Å². The molecule has 1 aromatic carbocycles. The average molecular weight is 229 g/mol. The van der Waals surface area contributed by atoms with Gasteiger partial charge in [-0.25, -0.2) is 0 Å². The van der Waals surface area contributed by atoms with E-state index in [2.05, 4.69) is 22.9 Å². The number of carbonyl (C=O) groups excluding carboxylic acids is 1. The van der Waals surface area contributed by atoms with Crippen molar-refractivity contribution in [1.82, 2.24) is 0 Å². The van der Waals surface area contributed by atoms with E-state index in [0.717, 1.165) is 12.0 Å². The number of Topliss-reactive ketones (excluding diaryl/α,β-unsaturated/α-hetero) is 1. The van der Waals surface area contributed by atoms with Crippen molar-refractivity contribution in [2.45, 2.75) is 24.1 Å². The van der Waals surface area contributed by atoms with Crippen molar-refractivity contribution in [1.29, 1.82) is 0 Å². The summed E-state index contributed by atoms with van der Waals surface area (Å²) >= 11 is 1.84. The lowest BCUT2D eigenvalue weighted by molar-refractivity contribution is 0.0994. The zero-order valence-electron chi connectivity index (χ0n) is 8.69.